The Labute approximate surface area is 208 Å². The monoisotopic (exact) mass is 495 g/mol. The van der Waals surface area contributed by atoms with Crippen molar-refractivity contribution in [1.29, 1.82) is 0 Å². The van der Waals surface area contributed by atoms with Crippen LogP contribution in [0.4, 0.5) is 4.39 Å². The fraction of sp³-hybridized carbons (Fsp3) is 0.462. The summed E-state index contributed by atoms with van der Waals surface area (Å²) in [5.74, 6) is 0.263. The van der Waals surface area contributed by atoms with Gasteiger partial charge in [-0.25, -0.2) is 14.4 Å². The maximum atomic E-state index is 14.6. The van der Waals surface area contributed by atoms with Crippen LogP contribution >= 0.6 is 0 Å². The number of fused-ring (bicyclic) bond motifs is 1. The molecule has 3 atom stereocenters. The summed E-state index contributed by atoms with van der Waals surface area (Å²) in [7, 11) is 0. The van der Waals surface area contributed by atoms with Gasteiger partial charge in [-0.05, 0) is 51.7 Å². The molecule has 2 aromatic heterocycles. The molecule has 0 bridgehead atoms. The minimum Gasteiger partial charge on any atom is -0.493 e. The van der Waals surface area contributed by atoms with Crippen LogP contribution in [0, 0.1) is 19.8 Å². The number of halogens is 1. The third-order valence-corrected chi connectivity index (χ3v) is 6.79. The predicted octanol–water partition coefficient (Wildman–Crippen LogP) is 2.69. The molecular weight excluding hydrogens is 465 g/mol. The SMILES string of the molecule is Cc1ccc(OCC2CC2)c(-c2ncnc3c(C(=O)N[C@@H]4CN(C(=O)[C@H](C)O)C[C@@H]4F)c(C)[nH]c23)c1. The zero-order chi connectivity index (χ0) is 25.6. The zero-order valence-corrected chi connectivity index (χ0v) is 20.5. The lowest BCUT2D eigenvalue weighted by Gasteiger charge is -2.18. The normalized spacial score (nSPS) is 20.5. The molecule has 10 heteroatoms. The van der Waals surface area contributed by atoms with E-state index in [0.29, 0.717) is 40.5 Å². The first-order chi connectivity index (χ1) is 17.2. The van der Waals surface area contributed by atoms with Gasteiger partial charge in [0.1, 0.15) is 35.6 Å². The number of carbonyl (C=O) groups excluding carboxylic acids is 2. The highest BCUT2D eigenvalue weighted by Crippen LogP contribution is 2.37. The lowest BCUT2D eigenvalue weighted by Crippen LogP contribution is -2.42. The van der Waals surface area contributed by atoms with E-state index in [9.17, 15) is 19.1 Å². The van der Waals surface area contributed by atoms with Crippen molar-refractivity contribution >= 4 is 22.8 Å². The van der Waals surface area contributed by atoms with Gasteiger partial charge in [0.25, 0.3) is 11.8 Å². The second-order valence-corrected chi connectivity index (χ2v) is 9.84. The van der Waals surface area contributed by atoms with E-state index >= 15 is 0 Å². The maximum absolute atomic E-state index is 14.6. The number of aryl methyl sites for hydroxylation is 2. The zero-order valence-electron chi connectivity index (χ0n) is 20.5. The number of aliphatic hydroxyl groups excluding tert-OH is 1. The summed E-state index contributed by atoms with van der Waals surface area (Å²) in [5.41, 5.74) is 4.36. The first-order valence-electron chi connectivity index (χ1n) is 12.2. The van der Waals surface area contributed by atoms with E-state index in [2.05, 4.69) is 20.3 Å². The molecule has 1 aliphatic heterocycles. The van der Waals surface area contributed by atoms with Crippen LogP contribution in [0.15, 0.2) is 24.5 Å². The molecule has 0 unspecified atom stereocenters. The van der Waals surface area contributed by atoms with Crippen LogP contribution in [-0.2, 0) is 4.79 Å². The summed E-state index contributed by atoms with van der Waals surface area (Å²) >= 11 is 0. The Morgan fingerprint density at radius 1 is 1.28 bits per heavy atom. The van der Waals surface area contributed by atoms with Crippen LogP contribution < -0.4 is 10.1 Å². The number of carbonyl (C=O) groups is 2. The quantitative estimate of drug-likeness (QED) is 0.464. The highest BCUT2D eigenvalue weighted by molar-refractivity contribution is 6.09. The number of rotatable bonds is 7. The second-order valence-electron chi connectivity index (χ2n) is 9.84. The van der Waals surface area contributed by atoms with Crippen LogP contribution in [0.1, 0.15) is 41.4 Å². The molecule has 1 saturated carbocycles. The number of aromatic amines is 1. The molecule has 3 aromatic rings. The Bertz CT molecular complexity index is 1320. The van der Waals surface area contributed by atoms with Crippen LogP contribution in [0.5, 0.6) is 5.75 Å². The molecule has 1 aliphatic carbocycles. The van der Waals surface area contributed by atoms with Crippen molar-refractivity contribution in [3.63, 3.8) is 0 Å². The molecule has 190 valence electrons. The van der Waals surface area contributed by atoms with Gasteiger partial charge in [-0.1, -0.05) is 11.6 Å². The van der Waals surface area contributed by atoms with E-state index < -0.39 is 30.1 Å². The predicted molar refractivity (Wildman–Crippen MR) is 131 cm³/mol. The Morgan fingerprint density at radius 3 is 2.78 bits per heavy atom. The Morgan fingerprint density at radius 2 is 2.06 bits per heavy atom. The molecule has 2 fully saturated rings. The van der Waals surface area contributed by atoms with E-state index in [0.717, 1.165) is 16.9 Å². The van der Waals surface area contributed by atoms with Crippen molar-refractivity contribution in [2.75, 3.05) is 19.7 Å². The summed E-state index contributed by atoms with van der Waals surface area (Å²) in [4.78, 5) is 38.7. The van der Waals surface area contributed by atoms with Gasteiger partial charge in [0, 0.05) is 17.8 Å². The van der Waals surface area contributed by atoms with E-state index in [1.165, 1.54) is 31.0 Å². The van der Waals surface area contributed by atoms with E-state index in [-0.39, 0.29) is 13.1 Å². The first-order valence-corrected chi connectivity index (χ1v) is 12.2. The fourth-order valence-electron chi connectivity index (χ4n) is 4.63. The Balaban J connectivity index is 1.44. The molecule has 5 rings (SSSR count). The largest absolute Gasteiger partial charge is 0.493 e. The molecule has 36 heavy (non-hydrogen) atoms. The third-order valence-electron chi connectivity index (χ3n) is 6.79. The minimum atomic E-state index is -1.44. The highest BCUT2D eigenvalue weighted by atomic mass is 19.1. The number of H-pyrrole nitrogens is 1. The molecule has 2 aliphatic rings. The molecule has 0 spiro atoms. The average Bonchev–Trinajstić information content (AvgIpc) is 3.51. The molecule has 1 saturated heterocycles. The summed E-state index contributed by atoms with van der Waals surface area (Å²) in [6.07, 6.45) is 1.10. The lowest BCUT2D eigenvalue weighted by atomic mass is 10.1. The Kier molecular flexibility index (Phi) is 6.38. The summed E-state index contributed by atoms with van der Waals surface area (Å²) in [6, 6.07) is 5.04. The van der Waals surface area contributed by atoms with Crippen LogP contribution in [0.25, 0.3) is 22.3 Å². The van der Waals surface area contributed by atoms with Gasteiger partial charge in [-0.15, -0.1) is 0 Å². The van der Waals surface area contributed by atoms with Gasteiger partial charge >= 0.3 is 0 Å². The lowest BCUT2D eigenvalue weighted by molar-refractivity contribution is -0.138. The second kappa shape index (κ2) is 9.50. The number of aliphatic hydroxyl groups is 1. The van der Waals surface area contributed by atoms with Gasteiger partial charge in [0.15, 0.2) is 0 Å². The fourth-order valence-corrected chi connectivity index (χ4v) is 4.63. The molecular formula is C26H30FN5O4. The number of nitrogens with zero attached hydrogens (tertiary/aromatic N) is 3. The standard InChI is InChI=1S/C26H30FN5O4/c1-13-4-7-20(36-11-16-5-6-16)17(8-13)22-24-23(29-12-28-22)21(14(2)30-24)25(34)31-19-10-32(9-18(19)27)26(35)15(3)33/h4,7-8,12,15-16,18-19,30,33H,5-6,9-11H2,1-3H3,(H,31,34)/t15-,18-,19+/m0/s1. The van der Waals surface area contributed by atoms with Crippen LogP contribution in [-0.4, -0.2) is 74.8 Å². The number of amides is 2. The van der Waals surface area contributed by atoms with Gasteiger partial charge in [0.05, 0.1) is 30.3 Å². The minimum absolute atomic E-state index is 0.0107. The third kappa shape index (κ3) is 4.65. The molecule has 0 radical (unpaired) electrons. The molecule has 3 heterocycles. The number of ether oxygens (including phenoxy) is 1. The van der Waals surface area contributed by atoms with E-state index in [4.69, 9.17) is 4.74 Å². The number of hydrogen-bond donors (Lipinski definition) is 3. The molecule has 1 aromatic carbocycles. The highest BCUT2D eigenvalue weighted by Gasteiger charge is 2.38. The summed E-state index contributed by atoms with van der Waals surface area (Å²) in [5, 5.41) is 12.2. The molecule has 9 nitrogen and oxygen atoms in total. The van der Waals surface area contributed by atoms with Crippen molar-refractivity contribution in [2.24, 2.45) is 5.92 Å². The van der Waals surface area contributed by atoms with Crippen molar-refractivity contribution < 1.29 is 23.8 Å². The van der Waals surface area contributed by atoms with Gasteiger partial charge in [0.2, 0.25) is 0 Å². The molecule has 3 N–H and O–H groups in total. The average molecular weight is 496 g/mol. The summed E-state index contributed by atoms with van der Waals surface area (Å²) in [6.45, 7) is 5.55. The topological polar surface area (TPSA) is 120 Å². The number of benzene rings is 1. The number of nitrogens with one attached hydrogen (secondary N) is 2. The number of hydrogen-bond acceptors (Lipinski definition) is 6. The van der Waals surface area contributed by atoms with Gasteiger partial charge < -0.3 is 25.0 Å². The van der Waals surface area contributed by atoms with E-state index in [1.54, 1.807) is 6.92 Å². The Hall–Kier alpha value is -3.53. The van der Waals surface area contributed by atoms with Gasteiger partial charge in [-0.2, -0.15) is 0 Å². The van der Waals surface area contributed by atoms with E-state index in [1.807, 2.05) is 25.1 Å². The first kappa shape index (κ1) is 24.2. The number of likely N-dealkylation sites (tertiary alicyclic amines) is 1. The van der Waals surface area contributed by atoms with Crippen molar-refractivity contribution in [1.82, 2.24) is 25.2 Å². The molecule has 2 amide bonds. The van der Waals surface area contributed by atoms with Crippen molar-refractivity contribution in [3.05, 3.63) is 41.3 Å². The maximum Gasteiger partial charge on any atom is 0.255 e. The number of alkyl halides is 1. The van der Waals surface area contributed by atoms with Crippen LogP contribution in [0.2, 0.25) is 0 Å². The van der Waals surface area contributed by atoms with Gasteiger partial charge in [-0.3, -0.25) is 9.59 Å². The number of aromatic nitrogens is 3. The van der Waals surface area contributed by atoms with Crippen molar-refractivity contribution in [2.45, 2.75) is 51.9 Å². The van der Waals surface area contributed by atoms with Crippen LogP contribution in [0.3, 0.4) is 0 Å². The van der Waals surface area contributed by atoms with Crippen molar-refractivity contribution in [3.8, 4) is 17.0 Å². The smallest absolute Gasteiger partial charge is 0.255 e. The summed E-state index contributed by atoms with van der Waals surface area (Å²) < 4.78 is 20.7.